The predicted molar refractivity (Wildman–Crippen MR) is 79.2 cm³/mol. The van der Waals surface area contributed by atoms with Crippen molar-refractivity contribution in [2.24, 2.45) is 18.7 Å². The largest absolute Gasteiger partial charge is 0.324 e. The molecule has 2 N–H and O–H groups in total. The molecule has 0 amide bonds. The van der Waals surface area contributed by atoms with Crippen molar-refractivity contribution in [3.63, 3.8) is 0 Å². The van der Waals surface area contributed by atoms with Gasteiger partial charge in [0.25, 0.3) is 0 Å². The van der Waals surface area contributed by atoms with E-state index in [1.165, 1.54) is 0 Å². The van der Waals surface area contributed by atoms with Gasteiger partial charge < -0.3 is 5.73 Å². The number of nitrogens with zero attached hydrogens (tertiary/aromatic N) is 2. The molecule has 0 aliphatic heterocycles. The van der Waals surface area contributed by atoms with Crippen LogP contribution in [-0.2, 0) is 13.5 Å². The Balaban J connectivity index is 2.15. The molecule has 2 aromatic rings. The van der Waals surface area contributed by atoms with Gasteiger partial charge in [0.05, 0.1) is 5.69 Å². The molecule has 0 spiro atoms. The Hall–Kier alpha value is -1.32. The van der Waals surface area contributed by atoms with Gasteiger partial charge in [-0.2, -0.15) is 5.10 Å². The first-order valence-corrected chi connectivity index (χ1v) is 6.87. The van der Waals surface area contributed by atoms with Gasteiger partial charge in [-0.15, -0.1) is 0 Å². The summed E-state index contributed by atoms with van der Waals surface area (Å²) in [6.45, 7) is 4.14. The van der Waals surface area contributed by atoms with Crippen molar-refractivity contribution in [1.82, 2.24) is 9.78 Å². The van der Waals surface area contributed by atoms with Crippen molar-refractivity contribution in [2.45, 2.75) is 26.3 Å². The number of aryl methyl sites for hydroxylation is 2. The average Bonchev–Trinajstić information content (AvgIpc) is 2.65. The van der Waals surface area contributed by atoms with Crippen molar-refractivity contribution < 1.29 is 0 Å². The van der Waals surface area contributed by atoms with Gasteiger partial charge in [-0.1, -0.05) is 48.9 Å². The third kappa shape index (κ3) is 2.99. The summed E-state index contributed by atoms with van der Waals surface area (Å²) in [7, 11) is 1.86. The Morgan fingerprint density at radius 3 is 2.47 bits per heavy atom. The Kier molecular flexibility index (Phi) is 4.27. The maximum absolute atomic E-state index is 6.32. The molecule has 2 rings (SSSR count). The summed E-state index contributed by atoms with van der Waals surface area (Å²) in [6, 6.07) is 10.2. The summed E-state index contributed by atoms with van der Waals surface area (Å²) < 4.78 is 1.72. The molecule has 1 aromatic carbocycles. The van der Waals surface area contributed by atoms with E-state index < -0.39 is 0 Å². The highest BCUT2D eigenvalue weighted by molar-refractivity contribution is 6.30. The summed E-state index contributed by atoms with van der Waals surface area (Å²) in [6.07, 6.45) is 0.842. The molecule has 0 saturated carbocycles. The lowest BCUT2D eigenvalue weighted by Gasteiger charge is -2.20. The van der Waals surface area contributed by atoms with E-state index in [0.29, 0.717) is 11.1 Å². The van der Waals surface area contributed by atoms with Crippen LogP contribution in [0.4, 0.5) is 0 Å². The summed E-state index contributed by atoms with van der Waals surface area (Å²) >= 11 is 6.27. The molecular weight excluding hydrogens is 258 g/mol. The Bertz CT molecular complexity index is 548. The van der Waals surface area contributed by atoms with E-state index in [9.17, 15) is 0 Å². The van der Waals surface area contributed by atoms with Crippen LogP contribution in [0, 0.1) is 12.8 Å². The monoisotopic (exact) mass is 277 g/mol. The van der Waals surface area contributed by atoms with Crippen LogP contribution < -0.4 is 5.73 Å². The molecule has 0 aliphatic rings. The van der Waals surface area contributed by atoms with Crippen LogP contribution in [0.25, 0.3) is 0 Å². The van der Waals surface area contributed by atoms with Crippen LogP contribution in [0.15, 0.2) is 30.3 Å². The van der Waals surface area contributed by atoms with E-state index in [1.54, 1.807) is 4.68 Å². The van der Waals surface area contributed by atoms with Gasteiger partial charge in [-0.05, 0) is 24.8 Å². The Morgan fingerprint density at radius 1 is 1.32 bits per heavy atom. The molecule has 4 heteroatoms. The molecular formula is C15H20ClN3. The fraction of sp³-hybridized carbons (Fsp3) is 0.400. The van der Waals surface area contributed by atoms with Crippen LogP contribution in [0.1, 0.15) is 29.8 Å². The van der Waals surface area contributed by atoms with Gasteiger partial charge in [0.1, 0.15) is 5.15 Å². The first kappa shape index (κ1) is 14.1. The minimum atomic E-state index is 0.0110. The Labute approximate surface area is 119 Å². The Morgan fingerprint density at radius 2 is 1.95 bits per heavy atom. The highest BCUT2D eigenvalue weighted by Crippen LogP contribution is 2.27. The predicted octanol–water partition coefficient (Wildman–Crippen LogP) is 3.26. The van der Waals surface area contributed by atoms with Gasteiger partial charge in [-0.25, -0.2) is 0 Å². The zero-order valence-electron chi connectivity index (χ0n) is 11.6. The normalized spacial score (nSPS) is 14.4. The highest BCUT2D eigenvalue weighted by atomic mass is 35.5. The van der Waals surface area contributed by atoms with E-state index in [1.807, 2.05) is 32.2 Å². The lowest BCUT2D eigenvalue weighted by molar-refractivity contribution is 0.467. The first-order chi connectivity index (χ1) is 9.00. The number of hydrogen-bond acceptors (Lipinski definition) is 2. The molecule has 2 unspecified atom stereocenters. The van der Waals surface area contributed by atoms with Crippen LogP contribution in [0.3, 0.4) is 0 Å². The second-order valence-electron chi connectivity index (χ2n) is 5.10. The fourth-order valence-electron chi connectivity index (χ4n) is 2.36. The molecule has 0 bridgehead atoms. The summed E-state index contributed by atoms with van der Waals surface area (Å²) in [5.41, 5.74) is 9.57. The van der Waals surface area contributed by atoms with Crippen molar-refractivity contribution in [2.75, 3.05) is 0 Å². The molecule has 1 heterocycles. The highest BCUT2D eigenvalue weighted by Gasteiger charge is 2.19. The molecule has 19 heavy (non-hydrogen) atoms. The van der Waals surface area contributed by atoms with Gasteiger partial charge >= 0.3 is 0 Å². The minimum Gasteiger partial charge on any atom is -0.324 e. The molecule has 1 aromatic heterocycles. The van der Waals surface area contributed by atoms with Crippen molar-refractivity contribution in [1.29, 1.82) is 0 Å². The summed E-state index contributed by atoms with van der Waals surface area (Å²) in [5.74, 6) is 0.308. The van der Waals surface area contributed by atoms with Crippen LogP contribution in [0.2, 0.25) is 5.15 Å². The maximum atomic E-state index is 6.32. The van der Waals surface area contributed by atoms with Crippen LogP contribution >= 0.6 is 11.6 Å². The summed E-state index contributed by atoms with van der Waals surface area (Å²) in [5, 5.41) is 5.05. The standard InChI is InChI=1S/C15H20ClN3/c1-10(14(17)12-7-5-4-6-8-12)9-13-11(2)18-19(3)15(13)16/h4-8,10,14H,9,17H2,1-3H3. The number of rotatable bonds is 4. The smallest absolute Gasteiger partial charge is 0.130 e. The molecule has 102 valence electrons. The van der Waals surface area contributed by atoms with E-state index in [2.05, 4.69) is 24.2 Å². The zero-order chi connectivity index (χ0) is 14.0. The maximum Gasteiger partial charge on any atom is 0.130 e. The van der Waals surface area contributed by atoms with Gasteiger partial charge in [-0.3, -0.25) is 4.68 Å². The third-order valence-electron chi connectivity index (χ3n) is 3.59. The second-order valence-corrected chi connectivity index (χ2v) is 5.45. The van der Waals surface area contributed by atoms with Crippen molar-refractivity contribution >= 4 is 11.6 Å². The number of nitrogens with two attached hydrogens (primary N) is 1. The number of benzene rings is 1. The van der Waals surface area contributed by atoms with Crippen molar-refractivity contribution in [3.8, 4) is 0 Å². The van der Waals surface area contributed by atoms with E-state index >= 15 is 0 Å². The van der Waals surface area contributed by atoms with E-state index in [4.69, 9.17) is 17.3 Å². The van der Waals surface area contributed by atoms with Gasteiger partial charge in [0.15, 0.2) is 0 Å². The quantitative estimate of drug-likeness (QED) is 0.932. The molecule has 2 atom stereocenters. The van der Waals surface area contributed by atoms with Gasteiger partial charge in [0.2, 0.25) is 0 Å². The number of aromatic nitrogens is 2. The lowest BCUT2D eigenvalue weighted by atomic mass is 9.90. The molecule has 0 saturated heterocycles. The topological polar surface area (TPSA) is 43.8 Å². The molecule has 0 fully saturated rings. The first-order valence-electron chi connectivity index (χ1n) is 6.49. The lowest BCUT2D eigenvalue weighted by Crippen LogP contribution is -2.21. The van der Waals surface area contributed by atoms with E-state index in [0.717, 1.165) is 23.2 Å². The number of halogens is 1. The van der Waals surface area contributed by atoms with Crippen LogP contribution in [0.5, 0.6) is 0 Å². The molecule has 3 nitrogen and oxygen atoms in total. The average molecular weight is 278 g/mol. The molecule has 0 radical (unpaired) electrons. The van der Waals surface area contributed by atoms with Crippen LogP contribution in [-0.4, -0.2) is 9.78 Å². The minimum absolute atomic E-state index is 0.0110. The zero-order valence-corrected chi connectivity index (χ0v) is 12.4. The van der Waals surface area contributed by atoms with Crippen molar-refractivity contribution in [3.05, 3.63) is 52.3 Å². The summed E-state index contributed by atoms with van der Waals surface area (Å²) in [4.78, 5) is 0. The SMILES string of the molecule is Cc1nn(C)c(Cl)c1CC(C)C(N)c1ccccc1. The fourth-order valence-corrected chi connectivity index (χ4v) is 2.61. The molecule has 0 aliphatic carbocycles. The third-order valence-corrected chi connectivity index (χ3v) is 4.07. The number of hydrogen-bond donors (Lipinski definition) is 1. The van der Waals surface area contributed by atoms with Gasteiger partial charge in [0, 0.05) is 18.7 Å². The second kappa shape index (κ2) is 5.76. The van der Waals surface area contributed by atoms with E-state index in [-0.39, 0.29) is 6.04 Å².